The van der Waals surface area contributed by atoms with Crippen molar-refractivity contribution in [3.63, 3.8) is 0 Å². The average molecular weight is 246 g/mol. The standard InChI is InChI=1S/C12H26N2O3/c1-3-4-7-17-8-5-6-14-12(15)9-11(10-13)16-2/h11H,3-10,13H2,1-2H3,(H,14,15). The summed E-state index contributed by atoms with van der Waals surface area (Å²) in [6.07, 6.45) is 3.22. The summed E-state index contributed by atoms with van der Waals surface area (Å²) in [4.78, 5) is 11.4. The Morgan fingerprint density at radius 1 is 1.35 bits per heavy atom. The predicted octanol–water partition coefficient (Wildman–Crippen LogP) is 0.673. The number of methoxy groups -OCH3 is 1. The number of rotatable bonds is 11. The summed E-state index contributed by atoms with van der Waals surface area (Å²) in [5, 5.41) is 2.82. The smallest absolute Gasteiger partial charge is 0.222 e. The summed E-state index contributed by atoms with van der Waals surface area (Å²) < 4.78 is 10.4. The van der Waals surface area contributed by atoms with Gasteiger partial charge in [0.25, 0.3) is 0 Å². The Hall–Kier alpha value is -0.650. The summed E-state index contributed by atoms with van der Waals surface area (Å²) in [5.41, 5.74) is 5.43. The molecule has 0 aliphatic carbocycles. The quantitative estimate of drug-likeness (QED) is 0.526. The SMILES string of the molecule is CCCCOCCCNC(=O)CC(CN)OC. The lowest BCUT2D eigenvalue weighted by Gasteiger charge is -2.12. The van der Waals surface area contributed by atoms with Gasteiger partial charge in [-0.1, -0.05) is 13.3 Å². The molecule has 0 radical (unpaired) electrons. The van der Waals surface area contributed by atoms with Crippen LogP contribution in [-0.2, 0) is 14.3 Å². The van der Waals surface area contributed by atoms with Crippen LogP contribution in [0.1, 0.15) is 32.6 Å². The molecule has 1 amide bonds. The van der Waals surface area contributed by atoms with Crippen molar-refractivity contribution < 1.29 is 14.3 Å². The molecule has 5 nitrogen and oxygen atoms in total. The molecule has 0 saturated heterocycles. The average Bonchev–Trinajstić information content (AvgIpc) is 2.34. The zero-order valence-electron chi connectivity index (χ0n) is 11.0. The number of hydrogen-bond acceptors (Lipinski definition) is 4. The lowest BCUT2D eigenvalue weighted by Crippen LogP contribution is -2.32. The molecule has 17 heavy (non-hydrogen) atoms. The Bertz CT molecular complexity index is 185. The molecule has 0 heterocycles. The number of nitrogens with two attached hydrogens (primary N) is 1. The van der Waals surface area contributed by atoms with Crippen molar-refractivity contribution in [1.82, 2.24) is 5.32 Å². The number of unbranched alkanes of at least 4 members (excludes halogenated alkanes) is 1. The van der Waals surface area contributed by atoms with Crippen LogP contribution in [0.3, 0.4) is 0 Å². The second-order valence-corrected chi connectivity index (χ2v) is 3.97. The first-order valence-corrected chi connectivity index (χ1v) is 6.31. The topological polar surface area (TPSA) is 73.6 Å². The third-order valence-corrected chi connectivity index (χ3v) is 2.44. The van der Waals surface area contributed by atoms with Gasteiger partial charge in [0.05, 0.1) is 12.5 Å². The van der Waals surface area contributed by atoms with Crippen LogP contribution in [0.5, 0.6) is 0 Å². The number of hydrogen-bond donors (Lipinski definition) is 2. The molecule has 0 aromatic rings. The summed E-state index contributed by atoms with van der Waals surface area (Å²) in [6.45, 7) is 4.65. The molecule has 5 heteroatoms. The fourth-order valence-electron chi connectivity index (χ4n) is 1.29. The normalized spacial score (nSPS) is 12.4. The molecular formula is C12H26N2O3. The molecule has 102 valence electrons. The monoisotopic (exact) mass is 246 g/mol. The Kier molecular flexibility index (Phi) is 11.4. The first kappa shape index (κ1) is 16.4. The van der Waals surface area contributed by atoms with E-state index in [1.807, 2.05) is 0 Å². The molecule has 0 aliphatic heterocycles. The first-order chi connectivity index (χ1) is 8.24. The molecule has 1 atom stereocenters. The second kappa shape index (κ2) is 11.8. The van der Waals surface area contributed by atoms with Gasteiger partial charge in [0.2, 0.25) is 5.91 Å². The van der Waals surface area contributed by atoms with Crippen LogP contribution in [-0.4, -0.2) is 45.4 Å². The maximum atomic E-state index is 11.4. The van der Waals surface area contributed by atoms with Crippen LogP contribution in [0.15, 0.2) is 0 Å². The number of ether oxygens (including phenoxy) is 2. The lowest BCUT2D eigenvalue weighted by atomic mass is 10.2. The van der Waals surface area contributed by atoms with Crippen LogP contribution < -0.4 is 11.1 Å². The Morgan fingerprint density at radius 3 is 2.65 bits per heavy atom. The van der Waals surface area contributed by atoms with Crippen molar-refractivity contribution >= 4 is 5.91 Å². The summed E-state index contributed by atoms with van der Waals surface area (Å²) in [5.74, 6) is -0.0177. The highest BCUT2D eigenvalue weighted by atomic mass is 16.5. The molecule has 0 fully saturated rings. The molecule has 0 aliphatic rings. The van der Waals surface area contributed by atoms with Crippen LogP contribution in [0.4, 0.5) is 0 Å². The van der Waals surface area contributed by atoms with Crippen LogP contribution in [0.2, 0.25) is 0 Å². The van der Waals surface area contributed by atoms with E-state index in [4.69, 9.17) is 15.2 Å². The van der Waals surface area contributed by atoms with Gasteiger partial charge in [0.1, 0.15) is 0 Å². The Labute approximate surface area is 104 Å². The van der Waals surface area contributed by atoms with Gasteiger partial charge in [-0.05, 0) is 12.8 Å². The zero-order chi connectivity index (χ0) is 12.9. The fourth-order valence-corrected chi connectivity index (χ4v) is 1.29. The van der Waals surface area contributed by atoms with Gasteiger partial charge < -0.3 is 20.5 Å². The van der Waals surface area contributed by atoms with E-state index >= 15 is 0 Å². The maximum absolute atomic E-state index is 11.4. The minimum absolute atomic E-state index is 0.0177. The van der Waals surface area contributed by atoms with E-state index in [1.165, 1.54) is 0 Å². The van der Waals surface area contributed by atoms with E-state index in [1.54, 1.807) is 7.11 Å². The van der Waals surface area contributed by atoms with Crippen LogP contribution in [0.25, 0.3) is 0 Å². The third kappa shape index (κ3) is 10.2. The zero-order valence-corrected chi connectivity index (χ0v) is 11.0. The maximum Gasteiger partial charge on any atom is 0.222 e. The van der Waals surface area contributed by atoms with Gasteiger partial charge in [-0.15, -0.1) is 0 Å². The van der Waals surface area contributed by atoms with E-state index in [9.17, 15) is 4.79 Å². The summed E-state index contributed by atoms with van der Waals surface area (Å²) in [6, 6.07) is 0. The number of carbonyl (C=O) groups is 1. The highest BCUT2D eigenvalue weighted by molar-refractivity contribution is 5.76. The van der Waals surface area contributed by atoms with Gasteiger partial charge in [-0.2, -0.15) is 0 Å². The van der Waals surface area contributed by atoms with Crippen molar-refractivity contribution in [3.05, 3.63) is 0 Å². The van der Waals surface area contributed by atoms with Crippen molar-refractivity contribution in [1.29, 1.82) is 0 Å². The molecular weight excluding hydrogens is 220 g/mol. The lowest BCUT2D eigenvalue weighted by molar-refractivity contribution is -0.123. The van der Waals surface area contributed by atoms with E-state index in [0.717, 1.165) is 25.9 Å². The van der Waals surface area contributed by atoms with Crippen LogP contribution >= 0.6 is 0 Å². The molecule has 0 aromatic carbocycles. The highest BCUT2D eigenvalue weighted by Gasteiger charge is 2.10. The summed E-state index contributed by atoms with van der Waals surface area (Å²) in [7, 11) is 1.56. The van der Waals surface area contributed by atoms with Crippen molar-refractivity contribution in [2.75, 3.05) is 33.4 Å². The summed E-state index contributed by atoms with van der Waals surface area (Å²) >= 11 is 0. The van der Waals surface area contributed by atoms with Gasteiger partial charge in [-0.3, -0.25) is 4.79 Å². The second-order valence-electron chi connectivity index (χ2n) is 3.97. The van der Waals surface area contributed by atoms with E-state index in [-0.39, 0.29) is 12.0 Å². The van der Waals surface area contributed by atoms with Crippen LogP contribution in [0, 0.1) is 0 Å². The van der Waals surface area contributed by atoms with Gasteiger partial charge in [-0.25, -0.2) is 0 Å². The van der Waals surface area contributed by atoms with Gasteiger partial charge >= 0.3 is 0 Å². The molecule has 0 bridgehead atoms. The fraction of sp³-hybridized carbons (Fsp3) is 0.917. The Morgan fingerprint density at radius 2 is 2.06 bits per heavy atom. The molecule has 0 aromatic heterocycles. The van der Waals surface area contributed by atoms with Crippen molar-refractivity contribution in [2.45, 2.75) is 38.7 Å². The van der Waals surface area contributed by atoms with E-state index < -0.39 is 0 Å². The molecule has 0 saturated carbocycles. The van der Waals surface area contributed by atoms with Gasteiger partial charge in [0, 0.05) is 33.4 Å². The van der Waals surface area contributed by atoms with Crippen molar-refractivity contribution in [3.8, 4) is 0 Å². The minimum Gasteiger partial charge on any atom is -0.381 e. The minimum atomic E-state index is -0.184. The van der Waals surface area contributed by atoms with E-state index in [0.29, 0.717) is 26.1 Å². The predicted molar refractivity (Wildman–Crippen MR) is 67.8 cm³/mol. The highest BCUT2D eigenvalue weighted by Crippen LogP contribution is 1.94. The van der Waals surface area contributed by atoms with Crippen molar-refractivity contribution in [2.24, 2.45) is 5.73 Å². The number of amides is 1. The third-order valence-electron chi connectivity index (χ3n) is 2.44. The van der Waals surface area contributed by atoms with Gasteiger partial charge in [0.15, 0.2) is 0 Å². The Balaban J connectivity index is 3.33. The van der Waals surface area contributed by atoms with E-state index in [2.05, 4.69) is 12.2 Å². The molecule has 0 spiro atoms. The number of carbonyl (C=O) groups excluding carboxylic acids is 1. The first-order valence-electron chi connectivity index (χ1n) is 6.31. The largest absolute Gasteiger partial charge is 0.381 e. The molecule has 3 N–H and O–H groups in total. The molecule has 1 unspecified atom stereocenters. The molecule has 0 rings (SSSR count). The number of nitrogens with one attached hydrogen (secondary N) is 1.